The van der Waals surface area contributed by atoms with Crippen LogP contribution in [0.15, 0.2) is 24.3 Å². The first-order chi connectivity index (χ1) is 12.5. The van der Waals surface area contributed by atoms with E-state index in [4.69, 9.17) is 0 Å². The third kappa shape index (κ3) is 3.90. The Labute approximate surface area is 157 Å². The molecule has 1 saturated heterocycles. The zero-order valence-corrected chi connectivity index (χ0v) is 16.2. The number of piperidine rings is 1. The molecule has 2 aromatic rings. The van der Waals surface area contributed by atoms with Crippen LogP contribution in [0.1, 0.15) is 42.3 Å². The molecule has 2 amide bonds. The zero-order valence-electron chi connectivity index (χ0n) is 15.3. The van der Waals surface area contributed by atoms with Gasteiger partial charge >= 0.3 is 0 Å². The van der Waals surface area contributed by atoms with E-state index in [1.807, 2.05) is 18.0 Å². The van der Waals surface area contributed by atoms with Crippen LogP contribution in [-0.4, -0.2) is 48.3 Å². The van der Waals surface area contributed by atoms with Crippen LogP contribution in [0, 0.1) is 11.7 Å². The number of thiophene rings is 1. The molecule has 1 aliphatic heterocycles. The lowest BCUT2D eigenvalue weighted by atomic mass is 9.95. The molecule has 6 heteroatoms. The Bertz CT molecular complexity index is 796. The number of carbonyl (C=O) groups excluding carboxylic acids is 2. The molecule has 1 fully saturated rings. The molecule has 1 aromatic carbocycles. The lowest BCUT2D eigenvalue weighted by molar-refractivity contribution is -0.135. The summed E-state index contributed by atoms with van der Waals surface area (Å²) in [6.07, 6.45) is 3.48. The van der Waals surface area contributed by atoms with Gasteiger partial charge in [-0.15, -0.1) is 11.3 Å². The van der Waals surface area contributed by atoms with Crippen LogP contribution in [0.2, 0.25) is 0 Å². The van der Waals surface area contributed by atoms with E-state index < -0.39 is 0 Å². The quantitative estimate of drug-likeness (QED) is 0.786. The molecule has 1 aliphatic rings. The van der Waals surface area contributed by atoms with Crippen molar-refractivity contribution in [1.29, 1.82) is 0 Å². The van der Waals surface area contributed by atoms with Gasteiger partial charge in [0.1, 0.15) is 5.82 Å². The van der Waals surface area contributed by atoms with Crippen molar-refractivity contribution in [3.63, 3.8) is 0 Å². The summed E-state index contributed by atoms with van der Waals surface area (Å²) in [4.78, 5) is 29.4. The maximum Gasteiger partial charge on any atom is 0.263 e. The highest BCUT2D eigenvalue weighted by Gasteiger charge is 2.30. The molecule has 0 N–H and O–H groups in total. The van der Waals surface area contributed by atoms with Crippen molar-refractivity contribution < 1.29 is 14.0 Å². The van der Waals surface area contributed by atoms with Crippen molar-refractivity contribution in [3.8, 4) is 0 Å². The molecule has 0 aliphatic carbocycles. The Kier molecular flexibility index (Phi) is 5.91. The predicted octanol–water partition coefficient (Wildman–Crippen LogP) is 4.15. The van der Waals surface area contributed by atoms with Crippen LogP contribution in [0.4, 0.5) is 4.39 Å². The normalized spacial score (nSPS) is 15.4. The van der Waals surface area contributed by atoms with E-state index >= 15 is 0 Å². The average Bonchev–Trinajstić information content (AvgIpc) is 3.10. The molecule has 0 spiro atoms. The first-order valence-electron chi connectivity index (χ1n) is 9.23. The number of unbranched alkanes of at least 4 members (excludes halogenated alkanes) is 1. The molecule has 3 rings (SSSR count). The van der Waals surface area contributed by atoms with E-state index in [1.165, 1.54) is 17.4 Å². The van der Waals surface area contributed by atoms with Crippen LogP contribution >= 0.6 is 11.3 Å². The van der Waals surface area contributed by atoms with E-state index in [2.05, 4.69) is 6.92 Å². The van der Waals surface area contributed by atoms with Gasteiger partial charge in [-0.2, -0.15) is 0 Å². The van der Waals surface area contributed by atoms with E-state index in [-0.39, 0.29) is 23.5 Å². The minimum absolute atomic E-state index is 0.000702. The Hall–Kier alpha value is -1.95. The summed E-state index contributed by atoms with van der Waals surface area (Å²) >= 11 is 1.33. The molecule has 4 nitrogen and oxygen atoms in total. The minimum Gasteiger partial charge on any atom is -0.346 e. The number of benzene rings is 1. The fourth-order valence-corrected chi connectivity index (χ4v) is 4.48. The van der Waals surface area contributed by atoms with E-state index in [9.17, 15) is 14.0 Å². The molecule has 0 bridgehead atoms. The molecule has 2 heterocycles. The van der Waals surface area contributed by atoms with Gasteiger partial charge in [-0.1, -0.05) is 19.4 Å². The van der Waals surface area contributed by atoms with E-state index in [1.54, 1.807) is 17.0 Å². The number of rotatable bonds is 5. The maximum atomic E-state index is 13.8. The molecule has 0 saturated carbocycles. The summed E-state index contributed by atoms with van der Waals surface area (Å²) < 4.78 is 14.6. The Balaban J connectivity index is 1.61. The van der Waals surface area contributed by atoms with Gasteiger partial charge in [-0.25, -0.2) is 4.39 Å². The summed E-state index contributed by atoms with van der Waals surface area (Å²) in [6.45, 7) is 4.06. The van der Waals surface area contributed by atoms with Gasteiger partial charge < -0.3 is 9.80 Å². The number of halogens is 1. The first kappa shape index (κ1) is 18.8. The highest BCUT2D eigenvalue weighted by Crippen LogP contribution is 2.29. The number of hydrogen-bond acceptors (Lipinski definition) is 3. The minimum atomic E-state index is -0.294. The summed E-state index contributed by atoms with van der Waals surface area (Å²) in [6, 6.07) is 6.55. The molecule has 1 aromatic heterocycles. The average molecular weight is 376 g/mol. The Morgan fingerprint density at radius 3 is 2.69 bits per heavy atom. The number of carbonyl (C=O) groups is 2. The van der Waals surface area contributed by atoms with Crippen molar-refractivity contribution in [2.75, 3.05) is 26.7 Å². The molecular weight excluding hydrogens is 351 g/mol. The van der Waals surface area contributed by atoms with Crippen LogP contribution in [0.5, 0.6) is 0 Å². The van der Waals surface area contributed by atoms with Gasteiger partial charge in [-0.05, 0) is 37.5 Å². The lowest BCUT2D eigenvalue weighted by Gasteiger charge is -2.33. The number of amides is 2. The van der Waals surface area contributed by atoms with Crippen molar-refractivity contribution in [2.24, 2.45) is 5.92 Å². The second-order valence-electron chi connectivity index (χ2n) is 6.94. The summed E-state index contributed by atoms with van der Waals surface area (Å²) in [7, 11) is 1.86. The Morgan fingerprint density at radius 2 is 2.04 bits per heavy atom. The number of hydrogen-bond donors (Lipinski definition) is 0. The summed E-state index contributed by atoms with van der Waals surface area (Å²) in [5.41, 5.74) is 0. The molecule has 0 radical (unpaired) electrons. The van der Waals surface area contributed by atoms with Crippen LogP contribution in [-0.2, 0) is 4.79 Å². The van der Waals surface area contributed by atoms with Gasteiger partial charge in [0.25, 0.3) is 5.91 Å². The Morgan fingerprint density at radius 1 is 1.31 bits per heavy atom. The number of likely N-dealkylation sites (tertiary alicyclic amines) is 1. The second-order valence-corrected chi connectivity index (χ2v) is 8.03. The lowest BCUT2D eigenvalue weighted by Crippen LogP contribution is -2.43. The zero-order chi connectivity index (χ0) is 18.7. The van der Waals surface area contributed by atoms with Gasteiger partial charge in [0, 0.05) is 42.7 Å². The van der Waals surface area contributed by atoms with Crippen LogP contribution in [0.25, 0.3) is 10.1 Å². The number of fused-ring (bicyclic) bond motifs is 1. The van der Waals surface area contributed by atoms with Crippen molar-refractivity contribution >= 4 is 33.2 Å². The largest absolute Gasteiger partial charge is 0.346 e. The first-order valence-corrected chi connectivity index (χ1v) is 10.0. The molecular formula is C20H25FN2O2S. The SMILES string of the molecule is CCCCN(C)C(=O)C1CCN(C(=O)c2cc3c(F)cccc3s2)CC1. The van der Waals surface area contributed by atoms with Crippen molar-refractivity contribution in [2.45, 2.75) is 32.6 Å². The van der Waals surface area contributed by atoms with Crippen LogP contribution < -0.4 is 0 Å². The van der Waals surface area contributed by atoms with Gasteiger partial charge in [0.05, 0.1) is 4.88 Å². The molecule has 0 atom stereocenters. The monoisotopic (exact) mass is 376 g/mol. The van der Waals surface area contributed by atoms with E-state index in [0.717, 1.165) is 24.1 Å². The molecule has 0 unspecified atom stereocenters. The second kappa shape index (κ2) is 8.16. The third-order valence-electron chi connectivity index (χ3n) is 5.07. The maximum absolute atomic E-state index is 13.8. The van der Waals surface area contributed by atoms with Crippen molar-refractivity contribution in [1.82, 2.24) is 9.80 Å². The fraction of sp³-hybridized carbons (Fsp3) is 0.500. The highest BCUT2D eigenvalue weighted by atomic mass is 32.1. The van der Waals surface area contributed by atoms with Crippen molar-refractivity contribution in [3.05, 3.63) is 35.0 Å². The van der Waals surface area contributed by atoms with Crippen LogP contribution in [0.3, 0.4) is 0 Å². The summed E-state index contributed by atoms with van der Waals surface area (Å²) in [5, 5.41) is 0.503. The fourth-order valence-electron chi connectivity index (χ4n) is 3.43. The standard InChI is InChI=1S/C20H25FN2O2S/c1-3-4-10-22(2)19(24)14-8-11-23(12-9-14)20(25)18-13-15-16(21)6-5-7-17(15)26-18/h5-7,13-14H,3-4,8-12H2,1-2H3. The smallest absolute Gasteiger partial charge is 0.263 e. The topological polar surface area (TPSA) is 40.6 Å². The van der Waals surface area contributed by atoms with E-state index in [0.29, 0.717) is 36.2 Å². The van der Waals surface area contributed by atoms with Gasteiger partial charge in [-0.3, -0.25) is 9.59 Å². The predicted molar refractivity (Wildman–Crippen MR) is 103 cm³/mol. The summed E-state index contributed by atoms with van der Waals surface area (Å²) in [5.74, 6) is -0.164. The number of nitrogens with zero attached hydrogens (tertiary/aromatic N) is 2. The molecule has 26 heavy (non-hydrogen) atoms. The van der Waals surface area contributed by atoms with Gasteiger partial charge in [0.15, 0.2) is 0 Å². The third-order valence-corrected chi connectivity index (χ3v) is 6.16. The highest BCUT2D eigenvalue weighted by molar-refractivity contribution is 7.20. The molecule has 140 valence electrons. The van der Waals surface area contributed by atoms with Gasteiger partial charge in [0.2, 0.25) is 5.91 Å².